The van der Waals surface area contributed by atoms with Crippen LogP contribution in [0.1, 0.15) is 5.56 Å². The van der Waals surface area contributed by atoms with Crippen LogP contribution in [0.5, 0.6) is 5.75 Å². The number of para-hydroxylation sites is 1. The summed E-state index contributed by atoms with van der Waals surface area (Å²) in [5, 5.41) is 8.73. The highest BCUT2D eigenvalue weighted by Crippen LogP contribution is 2.28. The van der Waals surface area contributed by atoms with Crippen LogP contribution in [0.4, 0.5) is 5.82 Å². The van der Waals surface area contributed by atoms with Crippen LogP contribution in [0.25, 0.3) is 11.3 Å². The first-order valence-electron chi connectivity index (χ1n) is 10.3. The van der Waals surface area contributed by atoms with Crippen molar-refractivity contribution >= 4 is 15.8 Å². The molecule has 31 heavy (non-hydrogen) atoms. The molecule has 2 aromatic carbocycles. The largest absolute Gasteiger partial charge is 0.496 e. The van der Waals surface area contributed by atoms with Crippen LogP contribution in [0.3, 0.4) is 0 Å². The Hall–Kier alpha value is -2.97. The lowest BCUT2D eigenvalue weighted by Gasteiger charge is -2.34. The van der Waals surface area contributed by atoms with Crippen molar-refractivity contribution in [2.75, 3.05) is 43.9 Å². The van der Waals surface area contributed by atoms with Gasteiger partial charge >= 0.3 is 0 Å². The average Bonchev–Trinajstić information content (AvgIpc) is 2.84. The second-order valence-electron chi connectivity index (χ2n) is 7.41. The molecule has 0 bridgehead atoms. The van der Waals surface area contributed by atoms with Crippen LogP contribution in [0, 0.1) is 0 Å². The Bertz CT molecular complexity index is 1100. The van der Waals surface area contributed by atoms with Gasteiger partial charge in [-0.2, -0.15) is 4.31 Å². The maximum atomic E-state index is 12.7. The van der Waals surface area contributed by atoms with E-state index >= 15 is 0 Å². The minimum absolute atomic E-state index is 0.129. The van der Waals surface area contributed by atoms with Crippen molar-refractivity contribution in [1.82, 2.24) is 14.5 Å². The second kappa shape index (κ2) is 9.45. The van der Waals surface area contributed by atoms with Crippen molar-refractivity contribution in [2.45, 2.75) is 6.42 Å². The van der Waals surface area contributed by atoms with Crippen molar-refractivity contribution < 1.29 is 13.2 Å². The number of sulfonamides is 1. The molecule has 0 saturated carbocycles. The molecule has 8 heteroatoms. The molecule has 0 radical (unpaired) electrons. The molecule has 1 aliphatic rings. The van der Waals surface area contributed by atoms with Gasteiger partial charge in [-0.15, -0.1) is 10.2 Å². The molecule has 0 aliphatic carbocycles. The zero-order valence-electron chi connectivity index (χ0n) is 17.5. The number of hydrogen-bond donors (Lipinski definition) is 0. The Morgan fingerprint density at radius 2 is 1.58 bits per heavy atom. The highest BCUT2D eigenvalue weighted by Gasteiger charge is 2.27. The van der Waals surface area contributed by atoms with E-state index in [0.717, 1.165) is 28.4 Å². The lowest BCUT2D eigenvalue weighted by atomic mass is 10.1. The molecule has 1 aliphatic heterocycles. The van der Waals surface area contributed by atoms with Crippen molar-refractivity contribution in [2.24, 2.45) is 0 Å². The first-order valence-corrected chi connectivity index (χ1v) is 11.9. The van der Waals surface area contributed by atoms with E-state index in [1.807, 2.05) is 66.7 Å². The van der Waals surface area contributed by atoms with Crippen LogP contribution in [-0.2, 0) is 16.4 Å². The molecule has 4 rings (SSSR count). The van der Waals surface area contributed by atoms with Gasteiger partial charge in [0, 0.05) is 31.7 Å². The van der Waals surface area contributed by atoms with Gasteiger partial charge in [-0.1, -0.05) is 42.5 Å². The fourth-order valence-corrected chi connectivity index (χ4v) is 5.18. The minimum atomic E-state index is -3.28. The highest BCUT2D eigenvalue weighted by atomic mass is 32.2. The number of rotatable bonds is 7. The topological polar surface area (TPSA) is 75.6 Å². The third-order valence-corrected chi connectivity index (χ3v) is 7.35. The van der Waals surface area contributed by atoms with Crippen molar-refractivity contribution in [1.29, 1.82) is 0 Å². The lowest BCUT2D eigenvalue weighted by molar-refractivity contribution is 0.383. The number of ether oxygens (including phenoxy) is 1. The van der Waals surface area contributed by atoms with Crippen LogP contribution in [0.2, 0.25) is 0 Å². The molecule has 0 amide bonds. The van der Waals surface area contributed by atoms with Gasteiger partial charge in [-0.25, -0.2) is 8.42 Å². The molecule has 2 heterocycles. The summed E-state index contributed by atoms with van der Waals surface area (Å²) in [6.07, 6.45) is 0.527. The van der Waals surface area contributed by atoms with Crippen LogP contribution >= 0.6 is 0 Å². The fourth-order valence-electron chi connectivity index (χ4n) is 3.71. The zero-order chi connectivity index (χ0) is 21.7. The van der Waals surface area contributed by atoms with Gasteiger partial charge in [-0.3, -0.25) is 0 Å². The average molecular weight is 439 g/mol. The number of benzene rings is 2. The highest BCUT2D eigenvalue weighted by molar-refractivity contribution is 7.89. The monoisotopic (exact) mass is 438 g/mol. The summed E-state index contributed by atoms with van der Waals surface area (Å²) in [4.78, 5) is 2.07. The van der Waals surface area contributed by atoms with E-state index in [1.165, 1.54) is 0 Å². The predicted octanol–water partition coefficient (Wildman–Crippen LogP) is 2.85. The zero-order valence-corrected chi connectivity index (χ0v) is 18.3. The molecule has 0 spiro atoms. The van der Waals surface area contributed by atoms with Gasteiger partial charge < -0.3 is 9.64 Å². The summed E-state index contributed by atoms with van der Waals surface area (Å²) < 4.78 is 32.4. The first-order chi connectivity index (χ1) is 15.1. The summed E-state index contributed by atoms with van der Waals surface area (Å²) >= 11 is 0. The summed E-state index contributed by atoms with van der Waals surface area (Å²) in [5.74, 6) is 1.63. The predicted molar refractivity (Wildman–Crippen MR) is 122 cm³/mol. The Labute approximate surface area is 183 Å². The third kappa shape index (κ3) is 5.03. The van der Waals surface area contributed by atoms with E-state index in [4.69, 9.17) is 4.74 Å². The summed E-state index contributed by atoms with van der Waals surface area (Å²) in [7, 11) is -1.65. The molecule has 0 N–H and O–H groups in total. The summed E-state index contributed by atoms with van der Waals surface area (Å²) in [6, 6.07) is 21.2. The number of piperazine rings is 1. The number of nitrogens with zero attached hydrogens (tertiary/aromatic N) is 4. The lowest BCUT2D eigenvalue weighted by Crippen LogP contribution is -2.49. The smallest absolute Gasteiger partial charge is 0.214 e. The molecule has 7 nitrogen and oxygen atoms in total. The molecular formula is C23H26N4O3S. The SMILES string of the molecule is COc1ccccc1-c1ccc(N2CCN(S(=O)(=O)CCc3ccccc3)CC2)nn1. The van der Waals surface area contributed by atoms with Gasteiger partial charge in [0.05, 0.1) is 18.6 Å². The fraction of sp³-hybridized carbons (Fsp3) is 0.304. The number of anilines is 1. The first kappa shape index (κ1) is 21.3. The van der Waals surface area contributed by atoms with Gasteiger partial charge in [0.25, 0.3) is 0 Å². The number of aromatic nitrogens is 2. The number of methoxy groups -OCH3 is 1. The molecule has 162 valence electrons. The van der Waals surface area contributed by atoms with Crippen LogP contribution in [-0.4, -0.2) is 62.0 Å². The van der Waals surface area contributed by atoms with E-state index in [0.29, 0.717) is 32.6 Å². The maximum absolute atomic E-state index is 12.7. The minimum Gasteiger partial charge on any atom is -0.496 e. The van der Waals surface area contributed by atoms with Crippen molar-refractivity contribution in [3.8, 4) is 17.0 Å². The van der Waals surface area contributed by atoms with Gasteiger partial charge in [0.2, 0.25) is 10.0 Å². The third-order valence-electron chi connectivity index (χ3n) is 5.48. The molecule has 1 saturated heterocycles. The molecule has 0 unspecified atom stereocenters. The van der Waals surface area contributed by atoms with Crippen molar-refractivity contribution in [3.05, 3.63) is 72.3 Å². The number of hydrogen-bond acceptors (Lipinski definition) is 6. The molecule has 1 aromatic heterocycles. The normalized spacial score (nSPS) is 15.1. The van der Waals surface area contributed by atoms with Gasteiger partial charge in [0.1, 0.15) is 5.75 Å². The van der Waals surface area contributed by atoms with Crippen molar-refractivity contribution in [3.63, 3.8) is 0 Å². The molecule has 3 aromatic rings. The van der Waals surface area contributed by atoms with E-state index in [1.54, 1.807) is 11.4 Å². The standard InChI is InChI=1S/C23H26N4O3S/c1-30-22-10-6-5-9-20(22)21-11-12-23(25-24-21)26-14-16-27(17-15-26)31(28,29)18-13-19-7-3-2-4-8-19/h2-12H,13-18H2,1H3. The Balaban J connectivity index is 1.36. The van der Waals surface area contributed by atoms with Crippen LogP contribution < -0.4 is 9.64 Å². The van der Waals surface area contributed by atoms with Gasteiger partial charge in [-0.05, 0) is 36.2 Å². The maximum Gasteiger partial charge on any atom is 0.214 e. The van der Waals surface area contributed by atoms with E-state index < -0.39 is 10.0 Å². The summed E-state index contributed by atoms with van der Waals surface area (Å²) in [6.45, 7) is 2.08. The van der Waals surface area contributed by atoms with Gasteiger partial charge in [0.15, 0.2) is 5.82 Å². The van der Waals surface area contributed by atoms with Crippen LogP contribution in [0.15, 0.2) is 66.7 Å². The Morgan fingerprint density at radius 1 is 0.871 bits per heavy atom. The molecule has 1 fully saturated rings. The molecule has 0 atom stereocenters. The van der Waals surface area contributed by atoms with E-state index in [-0.39, 0.29) is 5.75 Å². The second-order valence-corrected chi connectivity index (χ2v) is 9.50. The summed E-state index contributed by atoms with van der Waals surface area (Å²) in [5.41, 5.74) is 2.66. The van der Waals surface area contributed by atoms with E-state index in [9.17, 15) is 8.42 Å². The Morgan fingerprint density at radius 3 is 2.26 bits per heavy atom. The Kier molecular flexibility index (Phi) is 6.48. The number of aryl methyl sites for hydroxylation is 1. The molecular weight excluding hydrogens is 412 g/mol. The quantitative estimate of drug-likeness (QED) is 0.565. The van der Waals surface area contributed by atoms with E-state index in [2.05, 4.69) is 15.1 Å².